The number of hydrogen-bond donors (Lipinski definition) is 0. The Labute approximate surface area is 159 Å². The van der Waals surface area contributed by atoms with E-state index in [-0.39, 0.29) is 0 Å². The summed E-state index contributed by atoms with van der Waals surface area (Å²) in [4.78, 5) is 8.59. The predicted molar refractivity (Wildman–Crippen MR) is 109 cm³/mol. The van der Waals surface area contributed by atoms with E-state index in [4.69, 9.17) is 4.98 Å². The van der Waals surface area contributed by atoms with Gasteiger partial charge in [-0.2, -0.15) is 0 Å². The first kappa shape index (κ1) is 17.1. The third-order valence-corrected chi connectivity index (χ3v) is 5.50. The van der Waals surface area contributed by atoms with Gasteiger partial charge in [0.25, 0.3) is 0 Å². The summed E-state index contributed by atoms with van der Waals surface area (Å²) in [5.74, 6) is 0. The third kappa shape index (κ3) is 4.43. The molecule has 130 valence electrons. The maximum Gasteiger partial charge on any atom is 0.101 e. The summed E-state index contributed by atoms with van der Waals surface area (Å²) in [5.41, 5.74) is 3.86. The molecule has 0 unspecified atom stereocenters. The summed E-state index contributed by atoms with van der Waals surface area (Å²) in [5, 5.41) is 1.06. The topological polar surface area (TPSA) is 16.1 Å². The van der Waals surface area contributed by atoms with E-state index in [1.165, 1.54) is 16.0 Å². The van der Waals surface area contributed by atoms with E-state index in [0.29, 0.717) is 0 Å². The minimum atomic E-state index is 0.988. The van der Waals surface area contributed by atoms with E-state index < -0.39 is 0 Å². The first-order valence-electron chi connectivity index (χ1n) is 9.02. The maximum absolute atomic E-state index is 4.88. The Bertz CT molecular complexity index is 875. The lowest BCUT2D eigenvalue weighted by Crippen LogP contribution is -2.28. The normalized spacial score (nSPS) is 14.8. The van der Waals surface area contributed by atoms with Crippen molar-refractivity contribution in [3.05, 3.63) is 96.2 Å². The first-order valence-corrected chi connectivity index (χ1v) is 9.84. The van der Waals surface area contributed by atoms with Crippen molar-refractivity contribution in [1.29, 1.82) is 0 Å². The van der Waals surface area contributed by atoms with Crippen LogP contribution in [0.1, 0.15) is 17.7 Å². The molecule has 0 saturated heterocycles. The Morgan fingerprint density at radius 1 is 0.846 bits per heavy atom. The highest BCUT2D eigenvalue weighted by molar-refractivity contribution is 7.99. The Hall–Kier alpha value is -2.36. The highest BCUT2D eigenvalue weighted by Gasteiger charge is 2.14. The molecule has 4 rings (SSSR count). The Balaban J connectivity index is 1.42. The summed E-state index contributed by atoms with van der Waals surface area (Å²) >= 11 is 1.72. The van der Waals surface area contributed by atoms with E-state index in [0.717, 1.165) is 36.8 Å². The van der Waals surface area contributed by atoms with Crippen LogP contribution in [-0.4, -0.2) is 23.0 Å². The second-order valence-corrected chi connectivity index (χ2v) is 7.57. The van der Waals surface area contributed by atoms with Crippen LogP contribution in [0.2, 0.25) is 0 Å². The van der Waals surface area contributed by atoms with Gasteiger partial charge in [-0.3, -0.25) is 4.90 Å². The zero-order chi connectivity index (χ0) is 17.6. The number of rotatable bonds is 5. The van der Waals surface area contributed by atoms with E-state index in [9.17, 15) is 0 Å². The molecule has 0 saturated carbocycles. The molecule has 1 aliphatic heterocycles. The Morgan fingerprint density at radius 3 is 2.35 bits per heavy atom. The van der Waals surface area contributed by atoms with E-state index in [1.54, 1.807) is 11.8 Å². The van der Waals surface area contributed by atoms with Gasteiger partial charge >= 0.3 is 0 Å². The summed E-state index contributed by atoms with van der Waals surface area (Å²) in [6.07, 6.45) is 3.39. The number of aromatic nitrogens is 1. The molecule has 1 aromatic heterocycles. The third-order valence-electron chi connectivity index (χ3n) is 4.56. The number of hydrogen-bond acceptors (Lipinski definition) is 3. The standard InChI is InChI=1S/C23H22N2S/c1-3-8-19(9-4-1)18-25-16-14-20(15-17-25)22-12-7-13-23(24-22)26-21-10-5-2-6-11-21/h1-14H,15-18H2. The van der Waals surface area contributed by atoms with Crippen LogP contribution in [0.15, 0.2) is 94.9 Å². The fourth-order valence-electron chi connectivity index (χ4n) is 3.19. The van der Waals surface area contributed by atoms with Crippen LogP contribution < -0.4 is 0 Å². The van der Waals surface area contributed by atoms with Gasteiger partial charge in [-0.05, 0) is 41.8 Å². The van der Waals surface area contributed by atoms with Crippen molar-refractivity contribution in [3.63, 3.8) is 0 Å². The van der Waals surface area contributed by atoms with E-state index in [1.807, 2.05) is 6.07 Å². The molecule has 0 atom stereocenters. The van der Waals surface area contributed by atoms with Crippen LogP contribution in [0.3, 0.4) is 0 Å². The monoisotopic (exact) mass is 358 g/mol. The van der Waals surface area contributed by atoms with Gasteiger partial charge in [0.2, 0.25) is 0 Å². The molecule has 3 aromatic rings. The first-order chi connectivity index (χ1) is 12.9. The minimum absolute atomic E-state index is 0.988. The molecule has 0 N–H and O–H groups in total. The SMILES string of the molecule is C1=C(c2cccc(Sc3ccccc3)n2)CCN(Cc2ccccc2)C1. The van der Waals surface area contributed by atoms with Crippen LogP contribution in [-0.2, 0) is 6.54 Å². The minimum Gasteiger partial charge on any atom is -0.295 e. The second kappa shape index (κ2) is 8.35. The fourth-order valence-corrected chi connectivity index (χ4v) is 4.01. The van der Waals surface area contributed by atoms with Crippen molar-refractivity contribution in [1.82, 2.24) is 9.88 Å². The molecule has 0 spiro atoms. The summed E-state index contributed by atoms with van der Waals surface area (Å²) in [6, 6.07) is 27.5. The average molecular weight is 359 g/mol. The van der Waals surface area contributed by atoms with Gasteiger partial charge in [0.15, 0.2) is 0 Å². The fraction of sp³-hybridized carbons (Fsp3) is 0.174. The molecule has 0 aliphatic carbocycles. The van der Waals surface area contributed by atoms with Gasteiger partial charge in [0.05, 0.1) is 5.69 Å². The van der Waals surface area contributed by atoms with Gasteiger partial charge in [-0.1, -0.05) is 72.4 Å². The van der Waals surface area contributed by atoms with E-state index in [2.05, 4.69) is 83.8 Å². The van der Waals surface area contributed by atoms with Crippen molar-refractivity contribution in [2.45, 2.75) is 22.9 Å². The van der Waals surface area contributed by atoms with Crippen molar-refractivity contribution in [2.24, 2.45) is 0 Å². The van der Waals surface area contributed by atoms with Crippen molar-refractivity contribution < 1.29 is 0 Å². The molecular formula is C23H22N2S. The highest BCUT2D eigenvalue weighted by atomic mass is 32.2. The van der Waals surface area contributed by atoms with Crippen molar-refractivity contribution in [3.8, 4) is 0 Å². The average Bonchev–Trinajstić information content (AvgIpc) is 2.70. The molecule has 2 heterocycles. The Morgan fingerprint density at radius 2 is 1.62 bits per heavy atom. The lowest BCUT2D eigenvalue weighted by Gasteiger charge is -2.26. The lowest BCUT2D eigenvalue weighted by atomic mass is 10.0. The molecule has 0 amide bonds. The predicted octanol–water partition coefficient (Wildman–Crippen LogP) is 5.52. The van der Waals surface area contributed by atoms with Crippen LogP contribution in [0, 0.1) is 0 Å². The van der Waals surface area contributed by atoms with Gasteiger partial charge in [-0.15, -0.1) is 0 Å². The molecule has 26 heavy (non-hydrogen) atoms. The molecular weight excluding hydrogens is 336 g/mol. The molecule has 1 aliphatic rings. The van der Waals surface area contributed by atoms with Crippen molar-refractivity contribution >= 4 is 17.3 Å². The number of benzene rings is 2. The molecule has 0 radical (unpaired) electrons. The highest BCUT2D eigenvalue weighted by Crippen LogP contribution is 2.28. The van der Waals surface area contributed by atoms with Gasteiger partial charge in [0.1, 0.15) is 5.03 Å². The summed E-state index contributed by atoms with van der Waals surface area (Å²) in [7, 11) is 0. The van der Waals surface area contributed by atoms with Crippen LogP contribution in [0.5, 0.6) is 0 Å². The zero-order valence-corrected chi connectivity index (χ0v) is 15.5. The van der Waals surface area contributed by atoms with Gasteiger partial charge in [-0.25, -0.2) is 4.98 Å². The van der Waals surface area contributed by atoms with Crippen LogP contribution in [0.25, 0.3) is 5.57 Å². The Kier molecular flexibility index (Phi) is 5.48. The largest absolute Gasteiger partial charge is 0.295 e. The van der Waals surface area contributed by atoms with Crippen LogP contribution in [0.4, 0.5) is 0 Å². The molecule has 0 bridgehead atoms. The number of pyridine rings is 1. The van der Waals surface area contributed by atoms with Gasteiger partial charge in [0, 0.05) is 24.5 Å². The molecule has 2 nitrogen and oxygen atoms in total. The zero-order valence-electron chi connectivity index (χ0n) is 14.7. The smallest absolute Gasteiger partial charge is 0.101 e. The molecule has 2 aromatic carbocycles. The molecule has 0 fully saturated rings. The number of nitrogens with zero attached hydrogens (tertiary/aromatic N) is 2. The maximum atomic E-state index is 4.88. The molecule has 3 heteroatoms. The van der Waals surface area contributed by atoms with Crippen LogP contribution >= 0.6 is 11.8 Å². The summed E-state index contributed by atoms with van der Waals surface area (Å²) in [6.45, 7) is 3.09. The van der Waals surface area contributed by atoms with Gasteiger partial charge < -0.3 is 0 Å². The quantitative estimate of drug-likeness (QED) is 0.597. The van der Waals surface area contributed by atoms with E-state index >= 15 is 0 Å². The summed E-state index contributed by atoms with van der Waals surface area (Å²) < 4.78 is 0. The second-order valence-electron chi connectivity index (χ2n) is 6.48. The lowest BCUT2D eigenvalue weighted by molar-refractivity contribution is 0.294. The van der Waals surface area contributed by atoms with Crippen molar-refractivity contribution in [2.75, 3.05) is 13.1 Å².